The molecule has 0 fully saturated rings. The molecule has 1 aliphatic carbocycles. The van der Waals surface area contributed by atoms with E-state index in [0.717, 1.165) is 47.6 Å². The highest BCUT2D eigenvalue weighted by Gasteiger charge is 2.24. The molecule has 1 atom stereocenters. The Balaban J connectivity index is 1.43. The fraction of sp³-hybridized carbons (Fsp3) is 0.333. The highest BCUT2D eigenvalue weighted by Crippen LogP contribution is 2.36. The largest absolute Gasteiger partial charge is 0.494 e. The third-order valence-electron chi connectivity index (χ3n) is 6.14. The SMILES string of the molecule is Cc1ccnc(NCCCOc2ccc3c(c2)Cc2cc(CN)ccc2C(CC(=O)O)C3)c1. The zero-order chi connectivity index (χ0) is 23.2. The van der Waals surface area contributed by atoms with Crippen molar-refractivity contribution in [3.05, 3.63) is 88.1 Å². The number of aromatic nitrogens is 1. The van der Waals surface area contributed by atoms with Crippen molar-refractivity contribution in [1.82, 2.24) is 4.98 Å². The maximum absolute atomic E-state index is 11.5. The van der Waals surface area contributed by atoms with E-state index >= 15 is 0 Å². The third kappa shape index (κ3) is 5.90. The zero-order valence-electron chi connectivity index (χ0n) is 19.0. The van der Waals surface area contributed by atoms with Gasteiger partial charge in [0.15, 0.2) is 0 Å². The number of nitrogens with zero attached hydrogens (tertiary/aromatic N) is 1. The maximum atomic E-state index is 11.5. The minimum Gasteiger partial charge on any atom is -0.494 e. The van der Waals surface area contributed by atoms with Crippen molar-refractivity contribution in [3.8, 4) is 5.75 Å². The molecule has 4 N–H and O–H groups in total. The fourth-order valence-electron chi connectivity index (χ4n) is 4.48. The molecule has 0 radical (unpaired) electrons. The number of carbonyl (C=O) groups is 1. The number of rotatable bonds is 9. The topological polar surface area (TPSA) is 97.5 Å². The number of fused-ring (bicyclic) bond motifs is 2. The van der Waals surface area contributed by atoms with E-state index in [1.807, 2.05) is 31.2 Å². The summed E-state index contributed by atoms with van der Waals surface area (Å²) in [7, 11) is 0. The van der Waals surface area contributed by atoms with Crippen molar-refractivity contribution in [1.29, 1.82) is 0 Å². The molecule has 1 aromatic heterocycles. The van der Waals surface area contributed by atoms with Gasteiger partial charge >= 0.3 is 5.97 Å². The molecular formula is C27H31N3O3. The standard InChI is InChI=1S/C27H31N3O3/c1-18-7-9-30-26(11-18)29-8-2-10-33-24-5-4-20-13-23(16-27(31)32)25-6-3-19(17-28)12-22(25)14-21(20)15-24/h3-7,9,11-12,15,23H,2,8,10,13-14,16-17,28H2,1H3,(H,29,30)(H,31,32). The lowest BCUT2D eigenvalue weighted by molar-refractivity contribution is -0.137. The number of ether oxygens (including phenoxy) is 1. The van der Waals surface area contributed by atoms with Crippen molar-refractivity contribution in [2.75, 3.05) is 18.5 Å². The van der Waals surface area contributed by atoms with Gasteiger partial charge in [0.25, 0.3) is 0 Å². The lowest BCUT2D eigenvalue weighted by Gasteiger charge is -2.17. The van der Waals surface area contributed by atoms with E-state index in [9.17, 15) is 9.90 Å². The van der Waals surface area contributed by atoms with Gasteiger partial charge < -0.3 is 20.9 Å². The molecule has 4 rings (SSSR count). The molecule has 0 amide bonds. The summed E-state index contributed by atoms with van der Waals surface area (Å²) in [5, 5.41) is 12.8. The van der Waals surface area contributed by atoms with Crippen LogP contribution in [0.5, 0.6) is 5.75 Å². The Hall–Kier alpha value is -3.38. The molecule has 172 valence electrons. The second-order valence-corrected chi connectivity index (χ2v) is 8.69. The molecule has 2 aromatic carbocycles. The number of benzene rings is 2. The van der Waals surface area contributed by atoms with E-state index in [4.69, 9.17) is 10.5 Å². The second kappa shape index (κ2) is 10.5. The van der Waals surface area contributed by atoms with Crippen LogP contribution in [0, 0.1) is 6.92 Å². The van der Waals surface area contributed by atoms with Crippen molar-refractivity contribution in [2.24, 2.45) is 5.73 Å². The molecule has 0 aliphatic heterocycles. The highest BCUT2D eigenvalue weighted by atomic mass is 16.5. The average molecular weight is 446 g/mol. The first-order valence-electron chi connectivity index (χ1n) is 11.5. The van der Waals surface area contributed by atoms with Gasteiger partial charge in [-0.25, -0.2) is 4.98 Å². The summed E-state index contributed by atoms with van der Waals surface area (Å²) < 4.78 is 6.02. The second-order valence-electron chi connectivity index (χ2n) is 8.69. The Morgan fingerprint density at radius 3 is 2.82 bits per heavy atom. The van der Waals surface area contributed by atoms with Gasteiger partial charge in [-0.1, -0.05) is 24.3 Å². The molecule has 1 unspecified atom stereocenters. The van der Waals surface area contributed by atoms with E-state index in [0.29, 0.717) is 19.6 Å². The lowest BCUT2D eigenvalue weighted by Crippen LogP contribution is -2.10. The van der Waals surface area contributed by atoms with E-state index < -0.39 is 5.97 Å². The molecule has 33 heavy (non-hydrogen) atoms. The summed E-state index contributed by atoms with van der Waals surface area (Å²) in [6.45, 7) is 3.91. The van der Waals surface area contributed by atoms with Crippen molar-refractivity contribution < 1.29 is 14.6 Å². The van der Waals surface area contributed by atoms with Crippen LogP contribution in [-0.4, -0.2) is 29.2 Å². The van der Waals surface area contributed by atoms with Crippen LogP contribution in [0.25, 0.3) is 0 Å². The molecule has 3 aromatic rings. The molecule has 0 saturated carbocycles. The molecule has 0 bridgehead atoms. The number of pyridine rings is 1. The van der Waals surface area contributed by atoms with Crippen LogP contribution < -0.4 is 15.8 Å². The van der Waals surface area contributed by atoms with Gasteiger partial charge in [0.1, 0.15) is 11.6 Å². The van der Waals surface area contributed by atoms with Gasteiger partial charge in [0.2, 0.25) is 0 Å². The monoisotopic (exact) mass is 445 g/mol. The summed E-state index contributed by atoms with van der Waals surface area (Å²) in [6.07, 6.45) is 4.25. The van der Waals surface area contributed by atoms with E-state index in [1.54, 1.807) is 6.20 Å². The van der Waals surface area contributed by atoms with Gasteiger partial charge in [-0.05, 0) is 89.8 Å². The smallest absolute Gasteiger partial charge is 0.303 e. The Labute approximate surface area is 194 Å². The van der Waals surface area contributed by atoms with E-state index in [-0.39, 0.29) is 12.3 Å². The minimum absolute atomic E-state index is 0.0429. The van der Waals surface area contributed by atoms with Gasteiger partial charge in [-0.3, -0.25) is 4.79 Å². The van der Waals surface area contributed by atoms with Gasteiger partial charge in [0.05, 0.1) is 13.0 Å². The Kier molecular flexibility index (Phi) is 7.25. The fourth-order valence-corrected chi connectivity index (χ4v) is 4.48. The molecular weight excluding hydrogens is 414 g/mol. The number of nitrogens with one attached hydrogen (secondary N) is 1. The normalized spacial score (nSPS) is 14.7. The molecule has 0 spiro atoms. The summed E-state index contributed by atoms with van der Waals surface area (Å²) >= 11 is 0. The number of hydrogen-bond donors (Lipinski definition) is 3. The highest BCUT2D eigenvalue weighted by molar-refractivity contribution is 5.68. The number of nitrogens with two attached hydrogens (primary N) is 1. The molecule has 6 nitrogen and oxygen atoms in total. The molecule has 1 aliphatic rings. The predicted octanol–water partition coefficient (Wildman–Crippen LogP) is 4.43. The van der Waals surface area contributed by atoms with Crippen LogP contribution >= 0.6 is 0 Å². The van der Waals surface area contributed by atoms with Crippen molar-refractivity contribution >= 4 is 11.8 Å². The average Bonchev–Trinajstić information content (AvgIpc) is 2.94. The summed E-state index contributed by atoms with van der Waals surface area (Å²) in [6, 6.07) is 16.4. The number of hydrogen-bond acceptors (Lipinski definition) is 5. The first kappa shape index (κ1) is 22.8. The Bertz CT molecular complexity index is 1130. The first-order chi connectivity index (χ1) is 16.0. The number of carboxylic acid groups (broad SMARTS) is 1. The lowest BCUT2D eigenvalue weighted by atomic mass is 9.88. The van der Waals surface area contributed by atoms with Gasteiger partial charge in [0, 0.05) is 19.3 Å². The van der Waals surface area contributed by atoms with Gasteiger partial charge in [-0.15, -0.1) is 0 Å². The minimum atomic E-state index is -0.772. The Morgan fingerprint density at radius 2 is 2.03 bits per heavy atom. The summed E-state index contributed by atoms with van der Waals surface area (Å²) in [5.74, 6) is 0.910. The van der Waals surface area contributed by atoms with Crippen LogP contribution in [0.3, 0.4) is 0 Å². The van der Waals surface area contributed by atoms with E-state index in [1.165, 1.54) is 16.7 Å². The van der Waals surface area contributed by atoms with Crippen LogP contribution in [0.1, 0.15) is 52.1 Å². The van der Waals surface area contributed by atoms with Crippen LogP contribution in [0.2, 0.25) is 0 Å². The molecule has 0 saturated heterocycles. The number of aliphatic carboxylic acids is 1. The summed E-state index contributed by atoms with van der Waals surface area (Å²) in [4.78, 5) is 15.8. The van der Waals surface area contributed by atoms with Crippen molar-refractivity contribution in [2.45, 2.75) is 45.1 Å². The number of anilines is 1. The molecule has 6 heteroatoms. The first-order valence-corrected chi connectivity index (χ1v) is 11.5. The van der Waals surface area contributed by atoms with Gasteiger partial charge in [-0.2, -0.15) is 0 Å². The van der Waals surface area contributed by atoms with Crippen LogP contribution in [-0.2, 0) is 24.2 Å². The quantitative estimate of drug-likeness (QED) is 0.422. The summed E-state index contributed by atoms with van der Waals surface area (Å²) in [5.41, 5.74) is 12.8. The third-order valence-corrected chi connectivity index (χ3v) is 6.14. The van der Waals surface area contributed by atoms with E-state index in [2.05, 4.69) is 34.6 Å². The maximum Gasteiger partial charge on any atom is 0.303 e. The molecule has 1 heterocycles. The van der Waals surface area contributed by atoms with Crippen LogP contribution in [0.15, 0.2) is 54.7 Å². The zero-order valence-corrected chi connectivity index (χ0v) is 19.0. The number of carboxylic acids is 1. The van der Waals surface area contributed by atoms with Crippen LogP contribution in [0.4, 0.5) is 5.82 Å². The van der Waals surface area contributed by atoms with Crippen molar-refractivity contribution in [3.63, 3.8) is 0 Å². The number of aryl methyl sites for hydroxylation is 1. The Morgan fingerprint density at radius 1 is 1.15 bits per heavy atom. The predicted molar refractivity (Wildman–Crippen MR) is 130 cm³/mol.